The highest BCUT2D eigenvalue weighted by Crippen LogP contribution is 2.22. The molecule has 2 heterocycles. The summed E-state index contributed by atoms with van der Waals surface area (Å²) >= 11 is 0. The maximum absolute atomic E-state index is 12.4. The normalized spacial score (nSPS) is 15.5. The summed E-state index contributed by atoms with van der Waals surface area (Å²) in [6.07, 6.45) is 3.80. The van der Waals surface area contributed by atoms with Crippen molar-refractivity contribution in [3.8, 4) is 0 Å². The Morgan fingerprint density at radius 2 is 2.24 bits per heavy atom. The quantitative estimate of drug-likeness (QED) is 0.709. The van der Waals surface area contributed by atoms with Crippen LogP contribution in [0.3, 0.4) is 0 Å². The molecule has 0 atom stereocenters. The minimum Gasteiger partial charge on any atom is -0.468 e. The minimum atomic E-state index is -3.67. The average molecular weight is 310 g/mol. The van der Waals surface area contributed by atoms with Gasteiger partial charge in [-0.3, -0.25) is 5.10 Å². The molecule has 1 aliphatic carbocycles. The van der Waals surface area contributed by atoms with E-state index in [4.69, 9.17) is 4.42 Å². The molecule has 0 saturated heterocycles. The Kier molecular flexibility index (Phi) is 3.83. The second kappa shape index (κ2) is 5.63. The fourth-order valence-electron chi connectivity index (χ4n) is 2.04. The predicted octanol–water partition coefficient (Wildman–Crippen LogP) is 1.04. The molecule has 2 aromatic rings. The lowest BCUT2D eigenvalue weighted by atomic mass is 10.2. The van der Waals surface area contributed by atoms with E-state index in [9.17, 15) is 8.42 Å². The highest BCUT2D eigenvalue weighted by molar-refractivity contribution is 7.89. The van der Waals surface area contributed by atoms with Gasteiger partial charge >= 0.3 is 0 Å². The van der Waals surface area contributed by atoms with E-state index in [0.29, 0.717) is 23.9 Å². The largest absolute Gasteiger partial charge is 0.468 e. The van der Waals surface area contributed by atoms with E-state index in [1.807, 2.05) is 6.92 Å². The molecule has 0 bridgehead atoms. The highest BCUT2D eigenvalue weighted by atomic mass is 32.2. The molecule has 0 amide bonds. The van der Waals surface area contributed by atoms with Crippen molar-refractivity contribution in [2.45, 2.75) is 43.9 Å². The third-order valence-corrected chi connectivity index (χ3v) is 4.82. The zero-order valence-corrected chi connectivity index (χ0v) is 12.5. The van der Waals surface area contributed by atoms with Gasteiger partial charge in [-0.05, 0) is 31.9 Å². The van der Waals surface area contributed by atoms with Crippen molar-refractivity contribution in [2.24, 2.45) is 0 Å². The zero-order chi connectivity index (χ0) is 14.9. The van der Waals surface area contributed by atoms with Crippen LogP contribution < -0.4 is 10.0 Å². The standard InChI is InChI=1S/C13H18N4O3S/c1-9-12(8-14-10-4-5-10)13(17-16-9)21(18,19)15-7-11-3-2-6-20-11/h2-3,6,10,14-15H,4-5,7-8H2,1H3,(H,16,17). The summed E-state index contributed by atoms with van der Waals surface area (Å²) in [6.45, 7) is 2.43. The van der Waals surface area contributed by atoms with Crippen LogP contribution in [-0.2, 0) is 23.1 Å². The van der Waals surface area contributed by atoms with Crippen molar-refractivity contribution < 1.29 is 12.8 Å². The molecular weight excluding hydrogens is 292 g/mol. The molecule has 7 nitrogen and oxygen atoms in total. The Balaban J connectivity index is 1.74. The third-order valence-electron chi connectivity index (χ3n) is 3.45. The number of aromatic amines is 1. The lowest BCUT2D eigenvalue weighted by molar-refractivity contribution is 0.497. The van der Waals surface area contributed by atoms with E-state index in [2.05, 4.69) is 20.2 Å². The smallest absolute Gasteiger partial charge is 0.260 e. The van der Waals surface area contributed by atoms with Crippen molar-refractivity contribution in [1.82, 2.24) is 20.2 Å². The number of sulfonamides is 1. The Morgan fingerprint density at radius 3 is 2.90 bits per heavy atom. The summed E-state index contributed by atoms with van der Waals surface area (Å²) in [6, 6.07) is 3.94. The van der Waals surface area contributed by atoms with Crippen LogP contribution in [0.25, 0.3) is 0 Å². The first-order valence-corrected chi connectivity index (χ1v) is 8.34. The number of aryl methyl sites for hydroxylation is 1. The van der Waals surface area contributed by atoms with Crippen LogP contribution in [0.4, 0.5) is 0 Å². The van der Waals surface area contributed by atoms with Crippen LogP contribution in [0.5, 0.6) is 0 Å². The van der Waals surface area contributed by atoms with Gasteiger partial charge in [0.1, 0.15) is 5.76 Å². The van der Waals surface area contributed by atoms with E-state index in [-0.39, 0.29) is 11.6 Å². The van der Waals surface area contributed by atoms with Gasteiger partial charge in [-0.15, -0.1) is 0 Å². The summed E-state index contributed by atoms with van der Waals surface area (Å²) in [7, 11) is -3.67. The van der Waals surface area contributed by atoms with Crippen LogP contribution in [-0.4, -0.2) is 24.7 Å². The molecule has 2 aromatic heterocycles. The molecule has 114 valence electrons. The Morgan fingerprint density at radius 1 is 1.43 bits per heavy atom. The van der Waals surface area contributed by atoms with Gasteiger partial charge in [-0.1, -0.05) is 0 Å². The monoisotopic (exact) mass is 310 g/mol. The number of hydrogen-bond donors (Lipinski definition) is 3. The number of furan rings is 1. The molecule has 0 radical (unpaired) electrons. The van der Waals surface area contributed by atoms with Crippen LogP contribution in [0, 0.1) is 6.92 Å². The van der Waals surface area contributed by atoms with Crippen molar-refractivity contribution in [3.05, 3.63) is 35.4 Å². The summed E-state index contributed by atoms with van der Waals surface area (Å²) < 4.78 is 32.3. The molecular formula is C13H18N4O3S. The number of hydrogen-bond acceptors (Lipinski definition) is 5. The van der Waals surface area contributed by atoms with Crippen LogP contribution in [0.2, 0.25) is 0 Å². The molecule has 0 unspecified atom stereocenters. The van der Waals surface area contributed by atoms with E-state index < -0.39 is 10.0 Å². The summed E-state index contributed by atoms with van der Waals surface area (Å²) in [4.78, 5) is 0. The molecule has 1 fully saturated rings. The Bertz CT molecular complexity index is 702. The molecule has 0 aromatic carbocycles. The number of H-pyrrole nitrogens is 1. The van der Waals surface area contributed by atoms with E-state index >= 15 is 0 Å². The molecule has 21 heavy (non-hydrogen) atoms. The minimum absolute atomic E-state index is 0.0553. The van der Waals surface area contributed by atoms with Gasteiger partial charge in [0.2, 0.25) is 0 Å². The maximum atomic E-state index is 12.4. The van der Waals surface area contributed by atoms with Gasteiger partial charge in [0.15, 0.2) is 5.03 Å². The summed E-state index contributed by atoms with van der Waals surface area (Å²) in [5, 5.41) is 10.1. The first kappa shape index (κ1) is 14.3. The molecule has 0 spiro atoms. The molecule has 8 heteroatoms. The van der Waals surface area contributed by atoms with Crippen LogP contribution >= 0.6 is 0 Å². The highest BCUT2D eigenvalue weighted by Gasteiger charge is 2.26. The maximum Gasteiger partial charge on any atom is 0.260 e. The zero-order valence-electron chi connectivity index (χ0n) is 11.7. The number of nitrogens with zero attached hydrogens (tertiary/aromatic N) is 1. The topological polar surface area (TPSA) is 100 Å². The Hall–Kier alpha value is -1.64. The lowest BCUT2D eigenvalue weighted by Gasteiger charge is -2.07. The summed E-state index contributed by atoms with van der Waals surface area (Å²) in [5.41, 5.74) is 1.45. The van der Waals surface area contributed by atoms with Gasteiger partial charge in [0.05, 0.1) is 12.8 Å². The van der Waals surface area contributed by atoms with Crippen molar-refractivity contribution >= 4 is 10.0 Å². The first-order valence-electron chi connectivity index (χ1n) is 6.85. The van der Waals surface area contributed by atoms with Crippen LogP contribution in [0.15, 0.2) is 27.8 Å². The van der Waals surface area contributed by atoms with Crippen molar-refractivity contribution in [1.29, 1.82) is 0 Å². The van der Waals surface area contributed by atoms with Crippen LogP contribution in [0.1, 0.15) is 29.9 Å². The number of aromatic nitrogens is 2. The number of nitrogens with one attached hydrogen (secondary N) is 3. The van der Waals surface area contributed by atoms with Gasteiger partial charge in [-0.25, -0.2) is 13.1 Å². The fraction of sp³-hybridized carbons (Fsp3) is 0.462. The van der Waals surface area contributed by atoms with Crippen molar-refractivity contribution in [2.75, 3.05) is 0 Å². The molecule has 3 rings (SSSR count). The Labute approximate surface area is 123 Å². The molecule has 0 aliphatic heterocycles. The van der Waals surface area contributed by atoms with Gasteiger partial charge in [0.25, 0.3) is 10.0 Å². The average Bonchev–Trinajstić information content (AvgIpc) is 2.98. The third kappa shape index (κ3) is 3.34. The molecule has 3 N–H and O–H groups in total. The van der Waals surface area contributed by atoms with E-state index in [0.717, 1.165) is 18.5 Å². The first-order chi connectivity index (χ1) is 10.1. The SMILES string of the molecule is Cc1[nH]nc(S(=O)(=O)NCc2ccco2)c1CNC1CC1. The molecule has 1 aliphatic rings. The van der Waals surface area contributed by atoms with E-state index in [1.54, 1.807) is 12.1 Å². The van der Waals surface area contributed by atoms with Gasteiger partial charge < -0.3 is 9.73 Å². The molecule has 1 saturated carbocycles. The second-order valence-corrected chi connectivity index (χ2v) is 6.87. The van der Waals surface area contributed by atoms with Gasteiger partial charge in [0, 0.05) is 23.8 Å². The van der Waals surface area contributed by atoms with E-state index in [1.165, 1.54) is 6.26 Å². The van der Waals surface area contributed by atoms with Crippen molar-refractivity contribution in [3.63, 3.8) is 0 Å². The lowest BCUT2D eigenvalue weighted by Crippen LogP contribution is -2.26. The summed E-state index contributed by atoms with van der Waals surface area (Å²) in [5.74, 6) is 0.559. The van der Waals surface area contributed by atoms with Gasteiger partial charge in [-0.2, -0.15) is 5.10 Å². The fourth-order valence-corrected chi connectivity index (χ4v) is 3.23. The predicted molar refractivity (Wildman–Crippen MR) is 75.9 cm³/mol. The number of rotatable bonds is 7. The second-order valence-electron chi connectivity index (χ2n) is 5.19.